The maximum absolute atomic E-state index is 12.3. The molecule has 7 heteroatoms. The first-order chi connectivity index (χ1) is 19.9. The first-order valence-electron chi connectivity index (χ1n) is 14.8. The monoisotopic (exact) mass is 559 g/mol. The molecule has 0 aliphatic carbocycles. The standard InChI is InChI=1S/C34H41NO6/c1-3-39-33(38)30-8-4-5-19-35(30)20-6-7-21-40-28-16-9-24(10-17-28)32-29-18-15-27(37)22-31(29)41-23-34(32,2)25-11-13-26(36)14-12-25/h9-18,22,30,32,36-37H,3-8,19-21,23H2,1-2H3/t30?,32-,34-/m1/s1. The molecule has 7 nitrogen and oxygen atoms in total. The number of hydrogen-bond donors (Lipinski definition) is 2. The average Bonchev–Trinajstić information content (AvgIpc) is 2.98. The van der Waals surface area contributed by atoms with Crippen molar-refractivity contribution >= 4 is 5.97 Å². The van der Waals surface area contributed by atoms with Crippen molar-refractivity contribution in [3.8, 4) is 23.0 Å². The zero-order valence-electron chi connectivity index (χ0n) is 24.1. The zero-order chi connectivity index (χ0) is 28.8. The molecular formula is C34H41NO6. The molecular weight excluding hydrogens is 518 g/mol. The summed E-state index contributed by atoms with van der Waals surface area (Å²) in [4.78, 5) is 14.6. The third kappa shape index (κ3) is 6.46. The van der Waals surface area contributed by atoms with E-state index in [1.807, 2.05) is 37.3 Å². The summed E-state index contributed by atoms with van der Waals surface area (Å²) < 4.78 is 17.5. The molecule has 1 unspecified atom stereocenters. The summed E-state index contributed by atoms with van der Waals surface area (Å²) in [5, 5.41) is 19.9. The minimum atomic E-state index is -0.393. The molecule has 2 aliphatic heterocycles. The van der Waals surface area contributed by atoms with Gasteiger partial charge in [-0.15, -0.1) is 0 Å². The van der Waals surface area contributed by atoms with Gasteiger partial charge < -0.3 is 24.4 Å². The van der Waals surface area contributed by atoms with E-state index < -0.39 is 5.41 Å². The fourth-order valence-corrected chi connectivity index (χ4v) is 6.31. The summed E-state index contributed by atoms with van der Waals surface area (Å²) in [6.45, 7) is 7.34. The van der Waals surface area contributed by atoms with Crippen LogP contribution in [0.2, 0.25) is 0 Å². The smallest absolute Gasteiger partial charge is 0.323 e. The molecule has 0 bridgehead atoms. The number of fused-ring (bicyclic) bond motifs is 1. The topological polar surface area (TPSA) is 88.5 Å². The molecule has 0 spiro atoms. The van der Waals surface area contributed by atoms with Crippen LogP contribution >= 0.6 is 0 Å². The predicted molar refractivity (Wildman–Crippen MR) is 158 cm³/mol. The molecule has 0 aromatic heterocycles. The van der Waals surface area contributed by atoms with Crippen molar-refractivity contribution in [1.82, 2.24) is 4.90 Å². The van der Waals surface area contributed by atoms with Crippen molar-refractivity contribution in [2.45, 2.75) is 63.3 Å². The molecule has 3 atom stereocenters. The number of phenolic OH excluding ortho intramolecular Hbond substituents is 2. The largest absolute Gasteiger partial charge is 0.508 e. The highest BCUT2D eigenvalue weighted by Gasteiger charge is 2.43. The SMILES string of the molecule is CCOC(=O)C1CCCCN1CCCCOc1ccc([C@@H]2c3ccc(O)cc3OC[C@]2(C)c2ccc(O)cc2)cc1. The molecule has 5 rings (SSSR count). The number of aromatic hydroxyl groups is 2. The van der Waals surface area contributed by atoms with E-state index in [2.05, 4.69) is 24.0 Å². The number of esters is 1. The molecule has 218 valence electrons. The minimum Gasteiger partial charge on any atom is -0.508 e. The minimum absolute atomic E-state index is 0.0256. The van der Waals surface area contributed by atoms with E-state index in [1.54, 1.807) is 24.3 Å². The van der Waals surface area contributed by atoms with Crippen LogP contribution in [-0.2, 0) is 14.9 Å². The van der Waals surface area contributed by atoms with Gasteiger partial charge in [-0.1, -0.05) is 43.7 Å². The number of benzene rings is 3. The summed E-state index contributed by atoms with van der Waals surface area (Å²) in [7, 11) is 0. The number of unbranched alkanes of at least 4 members (excludes halogenated alkanes) is 1. The molecule has 3 aromatic carbocycles. The van der Waals surface area contributed by atoms with Crippen LogP contribution in [0.5, 0.6) is 23.0 Å². The molecule has 2 aliphatic rings. The number of carbonyl (C=O) groups excluding carboxylic acids is 1. The second kappa shape index (κ2) is 12.9. The van der Waals surface area contributed by atoms with Gasteiger partial charge in [-0.25, -0.2) is 0 Å². The number of likely N-dealkylation sites (tertiary alicyclic amines) is 1. The van der Waals surface area contributed by atoms with Gasteiger partial charge in [0.25, 0.3) is 0 Å². The number of rotatable bonds is 10. The zero-order valence-corrected chi connectivity index (χ0v) is 24.1. The van der Waals surface area contributed by atoms with Crippen LogP contribution in [0.25, 0.3) is 0 Å². The van der Waals surface area contributed by atoms with E-state index in [0.29, 0.717) is 25.6 Å². The summed E-state index contributed by atoms with van der Waals surface area (Å²) in [5.41, 5.74) is 2.81. The average molecular weight is 560 g/mol. The Morgan fingerprint density at radius 2 is 1.76 bits per heavy atom. The lowest BCUT2D eigenvalue weighted by atomic mass is 9.65. The van der Waals surface area contributed by atoms with E-state index in [4.69, 9.17) is 14.2 Å². The summed E-state index contributed by atoms with van der Waals surface area (Å²) in [6.07, 6.45) is 4.96. The lowest BCUT2D eigenvalue weighted by Gasteiger charge is -2.43. The van der Waals surface area contributed by atoms with Crippen LogP contribution in [-0.4, -0.2) is 60.0 Å². The summed E-state index contributed by atoms with van der Waals surface area (Å²) in [6, 6.07) is 20.8. The van der Waals surface area contributed by atoms with Gasteiger partial charge in [0.2, 0.25) is 0 Å². The highest BCUT2D eigenvalue weighted by Crippen LogP contribution is 2.50. The maximum Gasteiger partial charge on any atom is 0.323 e. The lowest BCUT2D eigenvalue weighted by molar-refractivity contribution is -0.150. The molecule has 2 heterocycles. The van der Waals surface area contributed by atoms with Gasteiger partial charge in [0.1, 0.15) is 29.0 Å². The number of phenols is 2. The third-order valence-electron chi connectivity index (χ3n) is 8.49. The molecule has 3 aromatic rings. The molecule has 0 radical (unpaired) electrons. The van der Waals surface area contributed by atoms with E-state index in [1.165, 1.54) is 0 Å². The second-order valence-electron chi connectivity index (χ2n) is 11.3. The molecule has 41 heavy (non-hydrogen) atoms. The number of hydrogen-bond acceptors (Lipinski definition) is 7. The Morgan fingerprint density at radius 3 is 2.51 bits per heavy atom. The normalized spacial score (nSPS) is 22.4. The Kier molecular flexibility index (Phi) is 9.03. The van der Waals surface area contributed by atoms with E-state index in [9.17, 15) is 15.0 Å². The maximum atomic E-state index is 12.3. The molecule has 1 saturated heterocycles. The third-order valence-corrected chi connectivity index (χ3v) is 8.49. The highest BCUT2D eigenvalue weighted by atomic mass is 16.5. The predicted octanol–water partition coefficient (Wildman–Crippen LogP) is 6.16. The summed E-state index contributed by atoms with van der Waals surface area (Å²) >= 11 is 0. The summed E-state index contributed by atoms with van der Waals surface area (Å²) in [5.74, 6) is 1.80. The van der Waals surface area contributed by atoms with Crippen molar-refractivity contribution in [2.75, 3.05) is 32.9 Å². The van der Waals surface area contributed by atoms with Crippen molar-refractivity contribution in [2.24, 2.45) is 0 Å². The molecule has 0 saturated carbocycles. The van der Waals surface area contributed by atoms with Gasteiger partial charge >= 0.3 is 5.97 Å². The van der Waals surface area contributed by atoms with E-state index in [0.717, 1.165) is 67.6 Å². The molecule has 2 N–H and O–H groups in total. The van der Waals surface area contributed by atoms with Gasteiger partial charge in [-0.2, -0.15) is 0 Å². The van der Waals surface area contributed by atoms with Crippen LogP contribution < -0.4 is 9.47 Å². The fraction of sp³-hybridized carbons (Fsp3) is 0.441. The Labute approximate surface area is 242 Å². The number of ether oxygens (including phenoxy) is 3. The van der Waals surface area contributed by atoms with Gasteiger partial charge in [0, 0.05) is 23.0 Å². The van der Waals surface area contributed by atoms with Gasteiger partial charge in [-0.3, -0.25) is 9.69 Å². The van der Waals surface area contributed by atoms with Gasteiger partial charge in [0.05, 0.1) is 19.8 Å². The van der Waals surface area contributed by atoms with Crippen molar-refractivity contribution in [1.29, 1.82) is 0 Å². The van der Waals surface area contributed by atoms with Crippen LogP contribution in [0.3, 0.4) is 0 Å². The van der Waals surface area contributed by atoms with Gasteiger partial charge in [-0.05, 0) is 87.2 Å². The number of carbonyl (C=O) groups is 1. The quantitative estimate of drug-likeness (QED) is 0.227. The van der Waals surface area contributed by atoms with Crippen molar-refractivity contribution in [3.63, 3.8) is 0 Å². The Hall–Kier alpha value is -3.71. The van der Waals surface area contributed by atoms with E-state index in [-0.39, 0.29) is 29.4 Å². The van der Waals surface area contributed by atoms with Crippen LogP contribution in [0.15, 0.2) is 66.7 Å². The highest BCUT2D eigenvalue weighted by molar-refractivity contribution is 5.75. The first-order valence-corrected chi connectivity index (χ1v) is 14.8. The van der Waals surface area contributed by atoms with Crippen molar-refractivity contribution in [3.05, 3.63) is 83.4 Å². The van der Waals surface area contributed by atoms with Gasteiger partial charge in [0.15, 0.2) is 0 Å². The Balaban J connectivity index is 1.24. The van der Waals surface area contributed by atoms with E-state index >= 15 is 0 Å². The van der Waals surface area contributed by atoms with Crippen LogP contribution in [0.1, 0.15) is 68.6 Å². The fourth-order valence-electron chi connectivity index (χ4n) is 6.31. The van der Waals surface area contributed by atoms with Crippen molar-refractivity contribution < 1.29 is 29.2 Å². The second-order valence-corrected chi connectivity index (χ2v) is 11.3. The Bertz CT molecular complexity index is 1310. The van der Waals surface area contributed by atoms with Crippen LogP contribution in [0.4, 0.5) is 0 Å². The first kappa shape index (κ1) is 28.8. The Morgan fingerprint density at radius 1 is 1.00 bits per heavy atom. The van der Waals surface area contributed by atoms with Crippen LogP contribution in [0, 0.1) is 0 Å². The number of piperidine rings is 1. The molecule has 0 amide bonds. The molecule has 1 fully saturated rings. The number of nitrogens with zero attached hydrogens (tertiary/aromatic N) is 1. The lowest BCUT2D eigenvalue weighted by Crippen LogP contribution is -2.45.